The molecule has 1 amide bonds. The number of ether oxygens (including phenoxy) is 1. The normalized spacial score (nSPS) is 33.2. The number of aryl methyl sites for hydroxylation is 2. The van der Waals surface area contributed by atoms with Crippen LogP contribution >= 0.6 is 0 Å². The Morgan fingerprint density at radius 1 is 1.17 bits per heavy atom. The smallest absolute Gasteiger partial charge is 0.420 e. The Kier molecular flexibility index (Phi) is 3.23. The van der Waals surface area contributed by atoms with Gasteiger partial charge in [0.2, 0.25) is 0 Å². The molecule has 1 unspecified atom stereocenters. The summed E-state index contributed by atoms with van der Waals surface area (Å²) in [6, 6.07) is 5.95. The Morgan fingerprint density at radius 2 is 1.83 bits per heavy atom. The molecule has 0 radical (unpaired) electrons. The Balaban J connectivity index is 1.64. The Labute approximate surface area is 136 Å². The number of amides is 1. The van der Waals surface area contributed by atoms with Crippen LogP contribution in [0.4, 0.5) is 10.5 Å². The average Bonchev–Trinajstić information content (AvgIpc) is 2.46. The third kappa shape index (κ3) is 2.34. The van der Waals surface area contributed by atoms with E-state index in [1.54, 1.807) is 0 Å². The minimum Gasteiger partial charge on any atom is -0.440 e. The molecular weight excluding hydrogens is 290 g/mol. The van der Waals surface area contributed by atoms with Gasteiger partial charge in [0.05, 0.1) is 5.69 Å². The summed E-state index contributed by atoms with van der Waals surface area (Å²) in [6.07, 6.45) is 2.28. The summed E-state index contributed by atoms with van der Waals surface area (Å²) in [6.45, 7) is 6.98. The number of carbonyl (C=O) groups excluding carboxylic acids is 1. The summed E-state index contributed by atoms with van der Waals surface area (Å²) >= 11 is 0. The third-order valence-corrected chi connectivity index (χ3v) is 5.50. The van der Waals surface area contributed by atoms with Gasteiger partial charge >= 0.3 is 6.09 Å². The largest absolute Gasteiger partial charge is 0.440 e. The van der Waals surface area contributed by atoms with Crippen molar-refractivity contribution in [3.8, 4) is 0 Å². The van der Waals surface area contributed by atoms with Crippen LogP contribution in [0.5, 0.6) is 0 Å². The van der Waals surface area contributed by atoms with Crippen molar-refractivity contribution in [1.82, 2.24) is 4.90 Å². The molecule has 122 valence electrons. The summed E-state index contributed by atoms with van der Waals surface area (Å²) in [5, 5.41) is 8.50. The third-order valence-electron chi connectivity index (χ3n) is 5.50. The van der Waals surface area contributed by atoms with E-state index >= 15 is 0 Å². The van der Waals surface area contributed by atoms with Gasteiger partial charge in [-0.25, -0.2) is 9.69 Å². The number of hydrogen-bond acceptors (Lipinski definition) is 4. The molecule has 1 spiro atoms. The molecule has 4 fully saturated rings. The van der Waals surface area contributed by atoms with Crippen molar-refractivity contribution >= 4 is 17.6 Å². The highest BCUT2D eigenvalue weighted by Gasteiger charge is 2.54. The van der Waals surface area contributed by atoms with Crippen LogP contribution < -0.4 is 4.90 Å². The maximum atomic E-state index is 12.7. The first kappa shape index (κ1) is 14.7. The number of piperidine rings is 3. The van der Waals surface area contributed by atoms with Crippen molar-refractivity contribution in [3.05, 3.63) is 29.3 Å². The van der Waals surface area contributed by atoms with E-state index in [1.165, 1.54) is 4.90 Å². The summed E-state index contributed by atoms with van der Waals surface area (Å²) in [5.74, 6) is 0.762. The van der Waals surface area contributed by atoms with Crippen molar-refractivity contribution in [2.24, 2.45) is 5.92 Å². The van der Waals surface area contributed by atoms with Crippen molar-refractivity contribution in [2.75, 3.05) is 24.5 Å². The zero-order chi connectivity index (χ0) is 16.2. The number of fused-ring (bicyclic) bond motifs is 2. The Bertz CT molecular complexity index is 639. The van der Waals surface area contributed by atoms with E-state index in [0.29, 0.717) is 18.2 Å². The number of amidine groups is 1. The maximum Gasteiger partial charge on any atom is 0.420 e. The topological polar surface area (TPSA) is 56.6 Å². The fraction of sp³-hybridized carbons (Fsp3) is 0.556. The van der Waals surface area contributed by atoms with Crippen LogP contribution in [0.3, 0.4) is 0 Å². The monoisotopic (exact) mass is 313 g/mol. The van der Waals surface area contributed by atoms with Gasteiger partial charge in [0, 0.05) is 18.9 Å². The fourth-order valence-electron chi connectivity index (χ4n) is 4.51. The molecule has 5 nitrogen and oxygen atoms in total. The fourth-order valence-corrected chi connectivity index (χ4v) is 4.51. The van der Waals surface area contributed by atoms with Crippen LogP contribution in [-0.4, -0.2) is 42.1 Å². The SMILES string of the molecule is Cc1cc(C)cc(N2C(=N)CC3(CN4CCC3CC4)OC2=O)c1. The molecule has 0 saturated carbocycles. The van der Waals surface area contributed by atoms with Gasteiger partial charge in [-0.3, -0.25) is 10.3 Å². The minimum absolute atomic E-state index is 0.361. The maximum absolute atomic E-state index is 12.7. The highest BCUT2D eigenvalue weighted by molar-refractivity contribution is 6.15. The lowest BCUT2D eigenvalue weighted by Crippen LogP contribution is -2.66. The predicted octanol–water partition coefficient (Wildman–Crippen LogP) is 3.09. The number of benzene rings is 1. The average molecular weight is 313 g/mol. The molecule has 0 aromatic heterocycles. The van der Waals surface area contributed by atoms with Gasteiger partial charge in [0.25, 0.3) is 0 Å². The minimum atomic E-state index is -0.472. The van der Waals surface area contributed by atoms with E-state index < -0.39 is 5.60 Å². The Morgan fingerprint density at radius 3 is 2.35 bits per heavy atom. The number of nitrogens with one attached hydrogen (secondary N) is 1. The van der Waals surface area contributed by atoms with Crippen molar-refractivity contribution in [2.45, 2.75) is 38.7 Å². The Hall–Kier alpha value is -1.88. The predicted molar refractivity (Wildman–Crippen MR) is 89.1 cm³/mol. The lowest BCUT2D eigenvalue weighted by Gasteiger charge is -2.54. The van der Waals surface area contributed by atoms with Gasteiger partial charge < -0.3 is 4.74 Å². The molecule has 23 heavy (non-hydrogen) atoms. The number of hydrogen-bond donors (Lipinski definition) is 1. The lowest BCUT2D eigenvalue weighted by atomic mass is 9.72. The first-order chi connectivity index (χ1) is 11.0. The van der Waals surface area contributed by atoms with Crippen LogP contribution in [0.1, 0.15) is 30.4 Å². The zero-order valence-electron chi connectivity index (χ0n) is 13.8. The summed E-state index contributed by atoms with van der Waals surface area (Å²) < 4.78 is 5.97. The van der Waals surface area contributed by atoms with Gasteiger partial charge in [-0.05, 0) is 63.0 Å². The van der Waals surface area contributed by atoms with Crippen molar-refractivity contribution < 1.29 is 9.53 Å². The van der Waals surface area contributed by atoms with Crippen molar-refractivity contribution in [3.63, 3.8) is 0 Å². The van der Waals surface area contributed by atoms with Crippen molar-refractivity contribution in [1.29, 1.82) is 5.41 Å². The van der Waals surface area contributed by atoms with E-state index in [1.807, 2.05) is 26.0 Å². The van der Waals surface area contributed by atoms with Crippen LogP contribution in [0.2, 0.25) is 0 Å². The number of carbonyl (C=O) groups is 1. The van der Waals surface area contributed by atoms with E-state index in [2.05, 4.69) is 11.0 Å². The van der Waals surface area contributed by atoms with Crippen LogP contribution in [-0.2, 0) is 4.74 Å². The highest BCUT2D eigenvalue weighted by atomic mass is 16.6. The van der Waals surface area contributed by atoms with E-state index in [-0.39, 0.29) is 6.09 Å². The molecule has 1 N–H and O–H groups in total. The first-order valence-corrected chi connectivity index (χ1v) is 8.38. The molecule has 2 bridgehead atoms. The van der Waals surface area contributed by atoms with E-state index in [9.17, 15) is 4.79 Å². The second-order valence-corrected chi connectivity index (χ2v) is 7.29. The molecule has 1 atom stereocenters. The molecule has 4 saturated heterocycles. The number of anilines is 1. The van der Waals surface area contributed by atoms with Gasteiger partial charge in [-0.1, -0.05) is 6.07 Å². The molecule has 1 aromatic carbocycles. The molecule has 1 aromatic rings. The van der Waals surface area contributed by atoms with Crippen LogP contribution in [0.15, 0.2) is 18.2 Å². The van der Waals surface area contributed by atoms with Gasteiger partial charge in [-0.2, -0.15) is 0 Å². The quantitative estimate of drug-likeness (QED) is 0.867. The standard InChI is InChI=1S/C18H23N3O2/c1-12-7-13(2)9-15(8-12)21-16(19)10-18(23-17(21)22)11-20-5-3-14(18)4-6-20/h7-9,14,19H,3-6,10-11H2,1-2H3. The molecule has 5 rings (SSSR count). The second kappa shape index (κ2) is 5.06. The summed E-state index contributed by atoms with van der Waals surface area (Å²) in [5.41, 5.74) is 2.45. The molecule has 4 heterocycles. The lowest BCUT2D eigenvalue weighted by molar-refractivity contribution is -0.113. The molecule has 5 heteroatoms. The zero-order valence-corrected chi connectivity index (χ0v) is 13.8. The summed E-state index contributed by atoms with van der Waals surface area (Å²) in [4.78, 5) is 16.5. The van der Waals surface area contributed by atoms with Gasteiger partial charge in [0.15, 0.2) is 0 Å². The molecule has 0 aliphatic carbocycles. The molecular formula is C18H23N3O2. The number of nitrogens with zero attached hydrogens (tertiary/aromatic N) is 2. The number of rotatable bonds is 1. The molecule has 4 aliphatic heterocycles. The van der Waals surface area contributed by atoms with E-state index in [4.69, 9.17) is 10.1 Å². The van der Waals surface area contributed by atoms with Gasteiger partial charge in [-0.15, -0.1) is 0 Å². The van der Waals surface area contributed by atoms with E-state index in [0.717, 1.165) is 49.3 Å². The highest BCUT2D eigenvalue weighted by Crippen LogP contribution is 2.43. The summed E-state index contributed by atoms with van der Waals surface area (Å²) in [7, 11) is 0. The first-order valence-electron chi connectivity index (χ1n) is 8.38. The van der Waals surface area contributed by atoms with Crippen LogP contribution in [0, 0.1) is 25.2 Å². The van der Waals surface area contributed by atoms with Gasteiger partial charge in [0.1, 0.15) is 11.4 Å². The second-order valence-electron chi connectivity index (χ2n) is 7.29. The van der Waals surface area contributed by atoms with Crippen LogP contribution in [0.25, 0.3) is 0 Å². The molecule has 4 aliphatic rings.